The lowest BCUT2D eigenvalue weighted by atomic mass is 10.0. The molecule has 0 radical (unpaired) electrons. The molecular formula is C29H33N3O4. The number of carbonyl (C=O) groups excluding carboxylic acids is 2. The van der Waals surface area contributed by atoms with Gasteiger partial charge in [0.05, 0.1) is 25.8 Å². The molecule has 36 heavy (non-hydrogen) atoms. The SMILES string of the molecule is COc1cc(OC)cc(C(=O)NC2CCN(c3ccccc3C(=O)N[C@@H](C)c3ccccc3)CC2)c1. The van der Waals surface area contributed by atoms with E-state index in [1.54, 1.807) is 32.4 Å². The number of rotatable bonds is 8. The van der Waals surface area contributed by atoms with E-state index in [-0.39, 0.29) is 23.9 Å². The predicted molar refractivity (Wildman–Crippen MR) is 141 cm³/mol. The van der Waals surface area contributed by atoms with Crippen LogP contribution in [0.4, 0.5) is 5.69 Å². The highest BCUT2D eigenvalue weighted by molar-refractivity contribution is 6.00. The minimum atomic E-state index is -0.152. The van der Waals surface area contributed by atoms with Gasteiger partial charge in [0.2, 0.25) is 0 Å². The lowest BCUT2D eigenvalue weighted by molar-refractivity contribution is 0.0927. The number of nitrogens with zero attached hydrogens (tertiary/aromatic N) is 1. The molecule has 0 spiro atoms. The molecule has 0 saturated carbocycles. The first-order valence-electron chi connectivity index (χ1n) is 12.2. The van der Waals surface area contributed by atoms with Crippen LogP contribution in [-0.4, -0.2) is 45.2 Å². The normalized spacial score (nSPS) is 14.6. The highest BCUT2D eigenvalue weighted by Crippen LogP contribution is 2.26. The fourth-order valence-electron chi connectivity index (χ4n) is 4.51. The average Bonchev–Trinajstić information content (AvgIpc) is 2.93. The number of hydrogen-bond acceptors (Lipinski definition) is 5. The van der Waals surface area contributed by atoms with Crippen LogP contribution in [0.2, 0.25) is 0 Å². The number of methoxy groups -OCH3 is 2. The van der Waals surface area contributed by atoms with Crippen LogP contribution in [0.15, 0.2) is 72.8 Å². The Kier molecular flexibility index (Phi) is 8.10. The molecule has 2 amide bonds. The largest absolute Gasteiger partial charge is 0.497 e. The van der Waals surface area contributed by atoms with Crippen LogP contribution in [0, 0.1) is 0 Å². The summed E-state index contributed by atoms with van der Waals surface area (Å²) in [5, 5.41) is 6.26. The second-order valence-corrected chi connectivity index (χ2v) is 8.96. The zero-order valence-corrected chi connectivity index (χ0v) is 21.0. The first kappa shape index (κ1) is 25.1. The molecule has 1 saturated heterocycles. The summed E-state index contributed by atoms with van der Waals surface area (Å²) in [6, 6.07) is 22.7. The summed E-state index contributed by atoms with van der Waals surface area (Å²) in [6.45, 7) is 3.47. The Morgan fingerprint density at radius 2 is 1.47 bits per heavy atom. The molecular weight excluding hydrogens is 454 g/mol. The van der Waals surface area contributed by atoms with Gasteiger partial charge in [0, 0.05) is 36.4 Å². The van der Waals surface area contributed by atoms with Crippen molar-refractivity contribution in [2.75, 3.05) is 32.2 Å². The molecule has 7 nitrogen and oxygen atoms in total. The first-order valence-corrected chi connectivity index (χ1v) is 12.2. The fraction of sp³-hybridized carbons (Fsp3) is 0.310. The van der Waals surface area contributed by atoms with E-state index in [0.717, 1.165) is 37.2 Å². The second-order valence-electron chi connectivity index (χ2n) is 8.96. The van der Waals surface area contributed by atoms with E-state index in [2.05, 4.69) is 15.5 Å². The maximum atomic E-state index is 13.1. The lowest BCUT2D eigenvalue weighted by Gasteiger charge is -2.35. The molecule has 0 unspecified atom stereocenters. The molecule has 1 atom stereocenters. The predicted octanol–water partition coefficient (Wildman–Crippen LogP) is 4.59. The van der Waals surface area contributed by atoms with Crippen molar-refractivity contribution in [3.63, 3.8) is 0 Å². The van der Waals surface area contributed by atoms with Crippen molar-refractivity contribution in [1.82, 2.24) is 10.6 Å². The van der Waals surface area contributed by atoms with Crippen LogP contribution >= 0.6 is 0 Å². The van der Waals surface area contributed by atoms with Gasteiger partial charge in [-0.2, -0.15) is 0 Å². The molecule has 1 fully saturated rings. The van der Waals surface area contributed by atoms with E-state index < -0.39 is 0 Å². The molecule has 1 aliphatic heterocycles. The minimum absolute atomic E-state index is 0.0463. The maximum Gasteiger partial charge on any atom is 0.253 e. The summed E-state index contributed by atoms with van der Waals surface area (Å²) in [7, 11) is 3.12. The highest BCUT2D eigenvalue weighted by Gasteiger charge is 2.25. The fourth-order valence-corrected chi connectivity index (χ4v) is 4.51. The molecule has 1 heterocycles. The second kappa shape index (κ2) is 11.6. The zero-order valence-electron chi connectivity index (χ0n) is 21.0. The summed E-state index contributed by atoms with van der Waals surface area (Å²) >= 11 is 0. The third-order valence-corrected chi connectivity index (χ3v) is 6.58. The Balaban J connectivity index is 1.38. The minimum Gasteiger partial charge on any atom is -0.497 e. The Labute approximate surface area is 212 Å². The first-order chi connectivity index (χ1) is 17.5. The molecule has 2 N–H and O–H groups in total. The summed E-state index contributed by atoms with van der Waals surface area (Å²) in [6.07, 6.45) is 1.56. The van der Waals surface area contributed by atoms with Gasteiger partial charge in [0.25, 0.3) is 11.8 Å². The monoisotopic (exact) mass is 487 g/mol. The highest BCUT2D eigenvalue weighted by atomic mass is 16.5. The molecule has 0 aromatic heterocycles. The van der Waals surface area contributed by atoms with Crippen LogP contribution in [-0.2, 0) is 0 Å². The van der Waals surface area contributed by atoms with E-state index in [1.165, 1.54) is 0 Å². The van der Waals surface area contributed by atoms with Gasteiger partial charge in [-0.25, -0.2) is 0 Å². The number of amides is 2. The van der Waals surface area contributed by atoms with E-state index in [0.29, 0.717) is 22.6 Å². The third-order valence-electron chi connectivity index (χ3n) is 6.58. The van der Waals surface area contributed by atoms with Crippen LogP contribution in [0.1, 0.15) is 52.1 Å². The van der Waals surface area contributed by atoms with Crippen LogP contribution < -0.4 is 25.0 Å². The lowest BCUT2D eigenvalue weighted by Crippen LogP contribution is -2.45. The summed E-state index contributed by atoms with van der Waals surface area (Å²) < 4.78 is 10.6. The van der Waals surface area contributed by atoms with Crippen molar-refractivity contribution in [2.24, 2.45) is 0 Å². The number of carbonyl (C=O) groups is 2. The Morgan fingerprint density at radius 1 is 0.861 bits per heavy atom. The number of anilines is 1. The van der Waals surface area contributed by atoms with E-state index in [4.69, 9.17) is 9.47 Å². The van der Waals surface area contributed by atoms with Gasteiger partial charge in [0.1, 0.15) is 11.5 Å². The molecule has 188 valence electrons. The molecule has 0 bridgehead atoms. The number of piperidine rings is 1. The topological polar surface area (TPSA) is 79.9 Å². The average molecular weight is 488 g/mol. The number of nitrogens with one attached hydrogen (secondary N) is 2. The van der Waals surface area contributed by atoms with Gasteiger partial charge in [0.15, 0.2) is 0 Å². The molecule has 0 aliphatic carbocycles. The van der Waals surface area contributed by atoms with Gasteiger partial charge < -0.3 is 25.0 Å². The molecule has 1 aliphatic rings. The number of para-hydroxylation sites is 1. The van der Waals surface area contributed by atoms with Crippen molar-refractivity contribution in [1.29, 1.82) is 0 Å². The quantitative estimate of drug-likeness (QED) is 0.486. The van der Waals surface area contributed by atoms with Crippen molar-refractivity contribution in [3.8, 4) is 11.5 Å². The summed E-state index contributed by atoms with van der Waals surface area (Å²) in [5.41, 5.74) is 3.14. The van der Waals surface area contributed by atoms with Crippen molar-refractivity contribution in [3.05, 3.63) is 89.5 Å². The van der Waals surface area contributed by atoms with Crippen molar-refractivity contribution < 1.29 is 19.1 Å². The number of ether oxygens (including phenoxy) is 2. The smallest absolute Gasteiger partial charge is 0.253 e. The molecule has 3 aromatic carbocycles. The Morgan fingerprint density at radius 3 is 2.11 bits per heavy atom. The van der Waals surface area contributed by atoms with E-state index in [9.17, 15) is 9.59 Å². The van der Waals surface area contributed by atoms with Crippen molar-refractivity contribution >= 4 is 17.5 Å². The van der Waals surface area contributed by atoms with Crippen LogP contribution in [0.3, 0.4) is 0 Å². The van der Waals surface area contributed by atoms with Gasteiger partial charge >= 0.3 is 0 Å². The standard InChI is InChI=1S/C29H33N3O4/c1-20(21-9-5-4-6-10-21)30-29(34)26-11-7-8-12-27(26)32-15-13-23(14-16-32)31-28(33)22-17-24(35-2)19-25(18-22)36-3/h4-12,17-20,23H,13-16H2,1-3H3,(H,30,34)(H,31,33)/t20-/m0/s1. The van der Waals surface area contributed by atoms with Gasteiger partial charge in [-0.3, -0.25) is 9.59 Å². The molecule has 4 rings (SSSR count). The summed E-state index contributed by atoms with van der Waals surface area (Å²) in [5.74, 6) is 0.904. The Bertz CT molecular complexity index is 1170. The van der Waals surface area contributed by atoms with Crippen molar-refractivity contribution in [2.45, 2.75) is 31.8 Å². The maximum absolute atomic E-state index is 13.1. The molecule has 3 aromatic rings. The summed E-state index contributed by atoms with van der Waals surface area (Å²) in [4.78, 5) is 28.2. The van der Waals surface area contributed by atoms with Crippen LogP contribution in [0.5, 0.6) is 11.5 Å². The van der Waals surface area contributed by atoms with Gasteiger partial charge in [-0.05, 0) is 49.6 Å². The number of hydrogen-bond donors (Lipinski definition) is 2. The third kappa shape index (κ3) is 5.97. The Hall–Kier alpha value is -4.00. The van der Waals surface area contributed by atoms with Gasteiger partial charge in [-0.15, -0.1) is 0 Å². The molecule has 7 heteroatoms. The van der Waals surface area contributed by atoms with E-state index in [1.807, 2.05) is 61.5 Å². The van der Waals surface area contributed by atoms with Gasteiger partial charge in [-0.1, -0.05) is 42.5 Å². The van der Waals surface area contributed by atoms with Crippen LogP contribution in [0.25, 0.3) is 0 Å². The van der Waals surface area contributed by atoms with E-state index >= 15 is 0 Å². The number of benzene rings is 3. The zero-order chi connectivity index (χ0) is 25.5.